The minimum atomic E-state index is 0. The van der Waals surface area contributed by atoms with Gasteiger partial charge >= 0.3 is 0 Å². The lowest BCUT2D eigenvalue weighted by molar-refractivity contribution is 0.638. The summed E-state index contributed by atoms with van der Waals surface area (Å²) in [6, 6.07) is 1.50. The van der Waals surface area contributed by atoms with E-state index in [4.69, 9.17) is 0 Å². The molecule has 0 atom stereocenters. The summed E-state index contributed by atoms with van der Waals surface area (Å²) in [5, 5.41) is 2.76. The Morgan fingerprint density at radius 1 is 1.78 bits per heavy atom. The van der Waals surface area contributed by atoms with Crippen LogP contribution in [0.5, 0.6) is 0 Å². The fourth-order valence-electron chi connectivity index (χ4n) is 0.599. The van der Waals surface area contributed by atoms with E-state index in [1.54, 1.807) is 6.20 Å². The zero-order valence-corrected chi connectivity index (χ0v) is 5.94. The first-order valence-electron chi connectivity index (χ1n) is 2.59. The Balaban J connectivity index is 0.000000640. The van der Waals surface area contributed by atoms with E-state index in [9.17, 15) is 4.79 Å². The van der Waals surface area contributed by atoms with E-state index in [0.717, 1.165) is 0 Å². The number of halogens is 1. The number of rotatable bonds is 1. The van der Waals surface area contributed by atoms with Gasteiger partial charge in [-0.15, -0.1) is 12.4 Å². The largest absolute Gasteiger partial charge is 0.303 e. The lowest BCUT2D eigenvalue weighted by atomic mass is 10.7. The van der Waals surface area contributed by atoms with Crippen LogP contribution in [0, 0.1) is 0 Å². The predicted molar refractivity (Wildman–Crippen MR) is 38.0 cm³/mol. The quantitative estimate of drug-likeness (QED) is 0.623. The first-order chi connectivity index (χ1) is 3.84. The summed E-state index contributed by atoms with van der Waals surface area (Å²) in [4.78, 5) is 10.6. The highest BCUT2D eigenvalue weighted by molar-refractivity contribution is 5.85. The molecule has 0 aliphatic heterocycles. The Morgan fingerprint density at radius 2 is 2.44 bits per heavy atom. The Labute approximate surface area is 59.1 Å². The van der Waals surface area contributed by atoms with Crippen molar-refractivity contribution in [1.29, 1.82) is 0 Å². The van der Waals surface area contributed by atoms with Gasteiger partial charge in [0.1, 0.15) is 0 Å². The third-order valence-corrected chi connectivity index (χ3v) is 1.04. The zero-order valence-electron chi connectivity index (χ0n) is 5.13. The van der Waals surface area contributed by atoms with E-state index in [-0.39, 0.29) is 18.0 Å². The lowest BCUT2D eigenvalue weighted by Gasteiger charge is -1.89. The topological polar surface area (TPSA) is 37.8 Å². The van der Waals surface area contributed by atoms with Crippen LogP contribution >= 0.6 is 12.4 Å². The molecule has 0 spiro atoms. The van der Waals surface area contributed by atoms with Crippen LogP contribution in [-0.2, 0) is 6.54 Å². The van der Waals surface area contributed by atoms with Crippen molar-refractivity contribution in [3.8, 4) is 0 Å². The summed E-state index contributed by atoms with van der Waals surface area (Å²) in [6.07, 6.45) is 1.63. The van der Waals surface area contributed by atoms with E-state index >= 15 is 0 Å². The van der Waals surface area contributed by atoms with Crippen LogP contribution in [0.25, 0.3) is 0 Å². The number of nitrogens with one attached hydrogen (secondary N) is 1. The molecular formula is C5H9ClN2O. The molecule has 1 heterocycles. The van der Waals surface area contributed by atoms with Crippen molar-refractivity contribution in [3.05, 3.63) is 22.6 Å². The van der Waals surface area contributed by atoms with Crippen LogP contribution in [0.2, 0.25) is 0 Å². The van der Waals surface area contributed by atoms with Crippen molar-refractivity contribution in [3.63, 3.8) is 0 Å². The second kappa shape index (κ2) is 3.35. The van der Waals surface area contributed by atoms with Gasteiger partial charge < -0.3 is 5.10 Å². The third-order valence-electron chi connectivity index (χ3n) is 1.04. The smallest absolute Gasteiger partial charge is 0.266 e. The highest BCUT2D eigenvalue weighted by Crippen LogP contribution is 1.71. The van der Waals surface area contributed by atoms with Crippen LogP contribution in [-0.4, -0.2) is 9.78 Å². The van der Waals surface area contributed by atoms with Crippen molar-refractivity contribution in [2.45, 2.75) is 13.5 Å². The number of nitrogens with zero attached hydrogens (tertiary/aromatic N) is 1. The number of hydrogen-bond donors (Lipinski definition) is 1. The standard InChI is InChI=1S/C5H8N2O.ClH/c1-2-7-5(8)3-4-6-7;/h3-4,6H,2H2,1H3;1H. The molecule has 0 aromatic carbocycles. The van der Waals surface area contributed by atoms with Crippen LogP contribution in [0.1, 0.15) is 6.92 Å². The Bertz CT molecular complexity index is 215. The minimum Gasteiger partial charge on any atom is -0.303 e. The molecule has 9 heavy (non-hydrogen) atoms. The van der Waals surface area contributed by atoms with E-state index in [2.05, 4.69) is 5.10 Å². The maximum atomic E-state index is 10.6. The number of aryl methyl sites for hydroxylation is 1. The Hall–Kier alpha value is -0.700. The molecule has 3 nitrogen and oxygen atoms in total. The SMILES string of the molecule is CCn1[nH]ccc1=O.Cl. The van der Waals surface area contributed by atoms with Crippen molar-refractivity contribution in [2.75, 3.05) is 0 Å². The molecule has 1 rings (SSSR count). The van der Waals surface area contributed by atoms with Gasteiger partial charge in [-0.3, -0.25) is 9.48 Å². The highest BCUT2D eigenvalue weighted by Gasteiger charge is 1.86. The molecule has 4 heteroatoms. The molecular weight excluding hydrogens is 140 g/mol. The molecule has 0 bridgehead atoms. The molecule has 0 amide bonds. The molecule has 0 fully saturated rings. The number of hydrogen-bond acceptors (Lipinski definition) is 1. The Kier molecular flexibility index (Phi) is 3.09. The van der Waals surface area contributed by atoms with Gasteiger partial charge in [0.25, 0.3) is 5.56 Å². The second-order valence-corrected chi connectivity index (χ2v) is 1.54. The normalized spacial score (nSPS) is 8.56. The van der Waals surface area contributed by atoms with Crippen molar-refractivity contribution >= 4 is 12.4 Å². The minimum absolute atomic E-state index is 0. The average Bonchev–Trinajstić information content (AvgIpc) is 2.14. The first-order valence-corrected chi connectivity index (χ1v) is 2.59. The van der Waals surface area contributed by atoms with Crippen LogP contribution in [0.3, 0.4) is 0 Å². The predicted octanol–water partition coefficient (Wildman–Crippen LogP) is 0.618. The molecule has 0 aliphatic rings. The molecule has 0 aliphatic carbocycles. The average molecular weight is 149 g/mol. The molecule has 0 unspecified atom stereocenters. The molecule has 1 aromatic heterocycles. The fourth-order valence-corrected chi connectivity index (χ4v) is 0.599. The highest BCUT2D eigenvalue weighted by atomic mass is 35.5. The van der Waals surface area contributed by atoms with E-state index in [1.165, 1.54) is 10.7 Å². The first kappa shape index (κ1) is 8.30. The fraction of sp³-hybridized carbons (Fsp3) is 0.400. The lowest BCUT2D eigenvalue weighted by Crippen LogP contribution is -2.13. The number of aromatic nitrogens is 2. The van der Waals surface area contributed by atoms with Crippen LogP contribution < -0.4 is 5.56 Å². The summed E-state index contributed by atoms with van der Waals surface area (Å²) in [7, 11) is 0. The second-order valence-electron chi connectivity index (χ2n) is 1.54. The maximum Gasteiger partial charge on any atom is 0.266 e. The Morgan fingerprint density at radius 3 is 2.67 bits per heavy atom. The third kappa shape index (κ3) is 1.61. The van der Waals surface area contributed by atoms with E-state index in [0.29, 0.717) is 6.54 Å². The van der Waals surface area contributed by atoms with E-state index in [1.807, 2.05) is 6.92 Å². The molecule has 0 radical (unpaired) electrons. The zero-order chi connectivity index (χ0) is 5.98. The summed E-state index contributed by atoms with van der Waals surface area (Å²) in [6.45, 7) is 2.63. The van der Waals surface area contributed by atoms with E-state index < -0.39 is 0 Å². The van der Waals surface area contributed by atoms with Crippen LogP contribution in [0.4, 0.5) is 0 Å². The molecule has 1 N–H and O–H groups in total. The van der Waals surface area contributed by atoms with Gasteiger partial charge in [0.15, 0.2) is 0 Å². The van der Waals surface area contributed by atoms with Gasteiger partial charge in [-0.25, -0.2) is 0 Å². The maximum absolute atomic E-state index is 10.6. The van der Waals surface area contributed by atoms with Gasteiger partial charge in [-0.1, -0.05) is 0 Å². The van der Waals surface area contributed by atoms with Gasteiger partial charge in [0, 0.05) is 18.8 Å². The van der Waals surface area contributed by atoms with Gasteiger partial charge in [0.05, 0.1) is 0 Å². The summed E-state index contributed by atoms with van der Waals surface area (Å²) in [5.74, 6) is 0. The van der Waals surface area contributed by atoms with Crippen LogP contribution in [0.15, 0.2) is 17.1 Å². The summed E-state index contributed by atoms with van der Waals surface area (Å²) in [5.41, 5.74) is 0.0347. The molecule has 1 aromatic rings. The number of aromatic amines is 1. The van der Waals surface area contributed by atoms with Crippen molar-refractivity contribution in [1.82, 2.24) is 9.78 Å². The van der Waals surface area contributed by atoms with Gasteiger partial charge in [-0.05, 0) is 6.92 Å². The number of H-pyrrole nitrogens is 1. The molecule has 52 valence electrons. The summed E-state index contributed by atoms with van der Waals surface area (Å²) >= 11 is 0. The summed E-state index contributed by atoms with van der Waals surface area (Å²) < 4.78 is 1.53. The van der Waals surface area contributed by atoms with Gasteiger partial charge in [-0.2, -0.15) is 0 Å². The van der Waals surface area contributed by atoms with Crippen molar-refractivity contribution < 1.29 is 0 Å². The van der Waals surface area contributed by atoms with Gasteiger partial charge in [0.2, 0.25) is 0 Å². The monoisotopic (exact) mass is 148 g/mol. The molecule has 0 saturated carbocycles. The van der Waals surface area contributed by atoms with Crippen molar-refractivity contribution in [2.24, 2.45) is 0 Å². The molecule has 0 saturated heterocycles.